The van der Waals surface area contributed by atoms with Crippen LogP contribution >= 0.6 is 11.8 Å². The lowest BCUT2D eigenvalue weighted by molar-refractivity contribution is -0.121. The summed E-state index contributed by atoms with van der Waals surface area (Å²) in [5, 5.41) is 0.759. The van der Waals surface area contributed by atoms with Gasteiger partial charge in [0.05, 0.1) is 4.91 Å². The average molecular weight is 366 g/mol. The van der Waals surface area contributed by atoms with E-state index in [1.807, 2.05) is 41.1 Å². The summed E-state index contributed by atoms with van der Waals surface area (Å²) in [6.07, 6.45) is 3.69. The predicted octanol–water partition coefficient (Wildman–Crippen LogP) is 4.49. The Kier molecular flexibility index (Phi) is 4.12. The maximum absolute atomic E-state index is 13.4. The van der Waals surface area contributed by atoms with Gasteiger partial charge in [-0.3, -0.25) is 14.5 Å². The van der Waals surface area contributed by atoms with Crippen molar-refractivity contribution in [2.24, 2.45) is 0 Å². The zero-order chi connectivity index (χ0) is 18.3. The second-order valence-electron chi connectivity index (χ2n) is 6.13. The summed E-state index contributed by atoms with van der Waals surface area (Å²) in [6.45, 7) is 0.579. The van der Waals surface area contributed by atoms with E-state index in [2.05, 4.69) is 0 Å². The SMILES string of the molecule is CN1C(=O)S/C(=C\c2ccc3c(ccn3Cc3cccc(F)c3)c2)C1=O. The molecule has 2 aromatic carbocycles. The molecule has 0 aliphatic carbocycles. The van der Waals surface area contributed by atoms with Crippen molar-refractivity contribution >= 4 is 39.9 Å². The molecule has 6 heteroatoms. The number of imide groups is 1. The van der Waals surface area contributed by atoms with E-state index in [0.717, 1.165) is 38.7 Å². The zero-order valence-electron chi connectivity index (χ0n) is 14.0. The van der Waals surface area contributed by atoms with Crippen molar-refractivity contribution in [3.63, 3.8) is 0 Å². The number of thioether (sulfide) groups is 1. The fraction of sp³-hybridized carbons (Fsp3) is 0.100. The van der Waals surface area contributed by atoms with E-state index in [1.165, 1.54) is 19.2 Å². The van der Waals surface area contributed by atoms with Gasteiger partial charge in [0.25, 0.3) is 11.1 Å². The minimum atomic E-state index is -0.274. The molecule has 0 spiro atoms. The number of nitrogens with zero attached hydrogens (tertiary/aromatic N) is 2. The maximum Gasteiger partial charge on any atom is 0.293 e. The monoisotopic (exact) mass is 366 g/mol. The number of benzene rings is 2. The first kappa shape index (κ1) is 16.6. The van der Waals surface area contributed by atoms with Crippen LogP contribution in [0.4, 0.5) is 9.18 Å². The van der Waals surface area contributed by atoms with Gasteiger partial charge in [0, 0.05) is 30.7 Å². The molecule has 4 rings (SSSR count). The largest absolute Gasteiger partial charge is 0.343 e. The summed E-state index contributed by atoms with van der Waals surface area (Å²) in [4.78, 5) is 25.1. The van der Waals surface area contributed by atoms with Crippen molar-refractivity contribution < 1.29 is 14.0 Å². The number of halogens is 1. The van der Waals surface area contributed by atoms with Crippen LogP contribution in [0.3, 0.4) is 0 Å². The van der Waals surface area contributed by atoms with Crippen LogP contribution < -0.4 is 0 Å². The molecule has 0 unspecified atom stereocenters. The van der Waals surface area contributed by atoms with Crippen LogP contribution in [0.2, 0.25) is 0 Å². The third-order valence-electron chi connectivity index (χ3n) is 4.32. The Hall–Kier alpha value is -2.86. The Morgan fingerprint density at radius 1 is 1.12 bits per heavy atom. The third-order valence-corrected chi connectivity index (χ3v) is 5.28. The smallest absolute Gasteiger partial charge is 0.293 e. The Labute approximate surface area is 153 Å². The van der Waals surface area contributed by atoms with E-state index >= 15 is 0 Å². The quantitative estimate of drug-likeness (QED) is 0.641. The fourth-order valence-corrected chi connectivity index (χ4v) is 3.80. The molecule has 0 radical (unpaired) electrons. The van der Waals surface area contributed by atoms with Gasteiger partial charge in [0.15, 0.2) is 0 Å². The first-order chi connectivity index (χ1) is 12.5. The number of amides is 2. The van der Waals surface area contributed by atoms with E-state index < -0.39 is 0 Å². The molecule has 1 aromatic heterocycles. The van der Waals surface area contributed by atoms with Crippen molar-refractivity contribution in [1.29, 1.82) is 0 Å². The second-order valence-corrected chi connectivity index (χ2v) is 7.13. The molecule has 0 atom stereocenters. The van der Waals surface area contributed by atoms with E-state index in [0.29, 0.717) is 11.4 Å². The van der Waals surface area contributed by atoms with Crippen molar-refractivity contribution in [3.8, 4) is 0 Å². The van der Waals surface area contributed by atoms with Crippen LogP contribution in [-0.2, 0) is 11.3 Å². The molecule has 2 amide bonds. The van der Waals surface area contributed by atoms with E-state index in [4.69, 9.17) is 0 Å². The highest BCUT2D eigenvalue weighted by Gasteiger charge is 2.31. The number of likely N-dealkylation sites (N-methyl/N-ethyl adjacent to an activating group) is 1. The maximum atomic E-state index is 13.4. The van der Waals surface area contributed by atoms with Gasteiger partial charge in [-0.25, -0.2) is 4.39 Å². The van der Waals surface area contributed by atoms with Gasteiger partial charge in [-0.05, 0) is 59.3 Å². The molecule has 1 fully saturated rings. The summed E-state index contributed by atoms with van der Waals surface area (Å²) in [6, 6.07) is 14.4. The first-order valence-corrected chi connectivity index (χ1v) is 8.88. The standard InChI is InChI=1S/C20H15FN2O2S/c1-22-19(24)18(26-20(22)25)11-13-5-6-17-15(9-13)7-8-23(17)12-14-3-2-4-16(21)10-14/h2-11H,12H2,1H3/b18-11-. The Morgan fingerprint density at radius 3 is 2.69 bits per heavy atom. The number of hydrogen-bond acceptors (Lipinski definition) is 3. The number of carbonyl (C=O) groups excluding carboxylic acids is 2. The first-order valence-electron chi connectivity index (χ1n) is 8.06. The van der Waals surface area contributed by atoms with Gasteiger partial charge < -0.3 is 4.57 Å². The summed E-state index contributed by atoms with van der Waals surface area (Å²) in [5.74, 6) is -0.519. The molecule has 1 aliphatic heterocycles. The summed E-state index contributed by atoms with van der Waals surface area (Å²) in [7, 11) is 1.48. The highest BCUT2D eigenvalue weighted by atomic mass is 32.2. The fourth-order valence-electron chi connectivity index (χ4n) is 2.98. The lowest BCUT2D eigenvalue weighted by Gasteiger charge is -2.06. The molecule has 0 N–H and O–H groups in total. The number of carbonyl (C=O) groups is 2. The average Bonchev–Trinajstić information content (AvgIpc) is 3.11. The van der Waals surface area contributed by atoms with Crippen LogP contribution in [0.25, 0.3) is 17.0 Å². The van der Waals surface area contributed by atoms with Crippen LogP contribution in [-0.4, -0.2) is 27.7 Å². The number of fused-ring (bicyclic) bond motifs is 1. The molecule has 3 aromatic rings. The molecule has 0 saturated carbocycles. The van der Waals surface area contributed by atoms with Gasteiger partial charge in [-0.1, -0.05) is 18.2 Å². The molecule has 1 saturated heterocycles. The molecular formula is C20H15FN2O2S. The summed E-state index contributed by atoms with van der Waals surface area (Å²) < 4.78 is 15.4. The van der Waals surface area contributed by atoms with Gasteiger partial charge in [-0.15, -0.1) is 0 Å². The van der Waals surface area contributed by atoms with Crippen molar-refractivity contribution in [2.75, 3.05) is 7.05 Å². The highest BCUT2D eigenvalue weighted by molar-refractivity contribution is 8.18. The van der Waals surface area contributed by atoms with Gasteiger partial charge in [-0.2, -0.15) is 0 Å². The van der Waals surface area contributed by atoms with Crippen LogP contribution in [0, 0.1) is 5.82 Å². The van der Waals surface area contributed by atoms with Crippen molar-refractivity contribution in [1.82, 2.24) is 9.47 Å². The van der Waals surface area contributed by atoms with Gasteiger partial charge in [0.1, 0.15) is 5.82 Å². The topological polar surface area (TPSA) is 42.3 Å². The van der Waals surface area contributed by atoms with Crippen LogP contribution in [0.1, 0.15) is 11.1 Å². The molecule has 4 nitrogen and oxygen atoms in total. The lowest BCUT2D eigenvalue weighted by Crippen LogP contribution is -2.22. The van der Waals surface area contributed by atoms with Crippen molar-refractivity contribution in [3.05, 3.63) is 76.6 Å². The number of aromatic nitrogens is 1. The molecule has 26 heavy (non-hydrogen) atoms. The van der Waals surface area contributed by atoms with E-state index in [1.54, 1.807) is 12.1 Å². The highest BCUT2D eigenvalue weighted by Crippen LogP contribution is 2.31. The zero-order valence-corrected chi connectivity index (χ0v) is 14.8. The molecular weight excluding hydrogens is 351 g/mol. The predicted molar refractivity (Wildman–Crippen MR) is 101 cm³/mol. The Balaban J connectivity index is 1.64. The lowest BCUT2D eigenvalue weighted by atomic mass is 10.1. The van der Waals surface area contributed by atoms with Crippen LogP contribution in [0.5, 0.6) is 0 Å². The molecule has 1 aliphatic rings. The van der Waals surface area contributed by atoms with Crippen molar-refractivity contribution in [2.45, 2.75) is 6.54 Å². The van der Waals surface area contributed by atoms with E-state index in [-0.39, 0.29) is 17.0 Å². The molecule has 2 heterocycles. The second kappa shape index (κ2) is 6.46. The third kappa shape index (κ3) is 3.04. The van der Waals surface area contributed by atoms with E-state index in [9.17, 15) is 14.0 Å². The number of hydrogen-bond donors (Lipinski definition) is 0. The summed E-state index contributed by atoms with van der Waals surface area (Å²) >= 11 is 0.948. The molecule has 0 bridgehead atoms. The summed E-state index contributed by atoms with van der Waals surface area (Å²) in [5.41, 5.74) is 2.78. The number of rotatable bonds is 3. The van der Waals surface area contributed by atoms with Crippen LogP contribution in [0.15, 0.2) is 59.6 Å². The minimum absolute atomic E-state index is 0.244. The Morgan fingerprint density at radius 2 is 1.96 bits per heavy atom. The normalized spacial score (nSPS) is 16.2. The van der Waals surface area contributed by atoms with Gasteiger partial charge >= 0.3 is 0 Å². The molecule has 130 valence electrons. The minimum Gasteiger partial charge on any atom is -0.343 e. The Bertz CT molecular complexity index is 1070. The van der Waals surface area contributed by atoms with Gasteiger partial charge in [0.2, 0.25) is 0 Å².